The van der Waals surface area contributed by atoms with E-state index in [2.05, 4.69) is 36.5 Å². The average Bonchev–Trinajstić information content (AvgIpc) is 2.45. The third kappa shape index (κ3) is 3.09. The van der Waals surface area contributed by atoms with Crippen molar-refractivity contribution in [1.29, 1.82) is 0 Å². The van der Waals surface area contributed by atoms with Crippen LogP contribution in [0.1, 0.15) is 45.4 Å². The lowest BCUT2D eigenvalue weighted by atomic mass is 9.74. The molecule has 20 heavy (non-hydrogen) atoms. The summed E-state index contributed by atoms with van der Waals surface area (Å²) in [5, 5.41) is 3.65. The minimum Gasteiger partial charge on any atom is -0.494 e. The number of rotatable bonds is 5. The van der Waals surface area contributed by atoms with Crippen molar-refractivity contribution < 1.29 is 9.47 Å². The van der Waals surface area contributed by atoms with Crippen LogP contribution in [0.4, 0.5) is 5.69 Å². The number of anilines is 1. The summed E-state index contributed by atoms with van der Waals surface area (Å²) < 4.78 is 11.6. The van der Waals surface area contributed by atoms with Gasteiger partial charge in [0.2, 0.25) is 0 Å². The van der Waals surface area contributed by atoms with Crippen molar-refractivity contribution >= 4 is 5.69 Å². The molecule has 2 fully saturated rings. The van der Waals surface area contributed by atoms with Crippen LogP contribution >= 0.6 is 0 Å². The number of hydrogen-bond acceptors (Lipinski definition) is 3. The zero-order chi connectivity index (χ0) is 13.8. The summed E-state index contributed by atoms with van der Waals surface area (Å²) in [6.07, 6.45) is 7.13. The van der Waals surface area contributed by atoms with Gasteiger partial charge in [-0.15, -0.1) is 0 Å². The predicted octanol–water partition coefficient (Wildman–Crippen LogP) is 3.99. The van der Waals surface area contributed by atoms with Gasteiger partial charge in [0.25, 0.3) is 0 Å². The van der Waals surface area contributed by atoms with Crippen molar-refractivity contribution in [3.05, 3.63) is 24.3 Å². The lowest BCUT2D eigenvalue weighted by Crippen LogP contribution is -2.48. The molecule has 3 rings (SSSR count). The molecule has 1 aromatic rings. The van der Waals surface area contributed by atoms with Crippen LogP contribution in [0.25, 0.3) is 0 Å². The van der Waals surface area contributed by atoms with Crippen molar-refractivity contribution in [2.24, 2.45) is 0 Å². The summed E-state index contributed by atoms with van der Waals surface area (Å²) in [6, 6.07) is 8.89. The smallest absolute Gasteiger partial charge is 0.119 e. The molecule has 0 aromatic heterocycles. The third-order valence-electron chi connectivity index (χ3n) is 4.46. The van der Waals surface area contributed by atoms with E-state index >= 15 is 0 Å². The van der Waals surface area contributed by atoms with Crippen LogP contribution in [0.2, 0.25) is 0 Å². The first-order valence-corrected chi connectivity index (χ1v) is 7.93. The first-order valence-electron chi connectivity index (χ1n) is 7.93. The highest BCUT2D eigenvalue weighted by molar-refractivity contribution is 5.47. The van der Waals surface area contributed by atoms with Crippen LogP contribution in [-0.4, -0.2) is 24.9 Å². The zero-order valence-corrected chi connectivity index (χ0v) is 12.4. The van der Waals surface area contributed by atoms with Gasteiger partial charge in [0, 0.05) is 18.3 Å². The fourth-order valence-electron chi connectivity index (χ4n) is 3.17. The highest BCUT2D eigenvalue weighted by atomic mass is 16.5. The van der Waals surface area contributed by atoms with E-state index in [0.29, 0.717) is 6.04 Å². The molecular weight excluding hydrogens is 250 g/mol. The third-order valence-corrected chi connectivity index (χ3v) is 4.46. The van der Waals surface area contributed by atoms with Crippen molar-refractivity contribution in [1.82, 2.24) is 0 Å². The van der Waals surface area contributed by atoms with Gasteiger partial charge in [-0.25, -0.2) is 0 Å². The largest absolute Gasteiger partial charge is 0.494 e. The molecule has 3 nitrogen and oxygen atoms in total. The molecule has 1 atom stereocenters. The molecule has 1 spiro atoms. The molecule has 0 bridgehead atoms. The normalized spacial score (nSPS) is 24.1. The van der Waals surface area contributed by atoms with Crippen LogP contribution < -0.4 is 10.1 Å². The van der Waals surface area contributed by atoms with Crippen LogP contribution in [0.3, 0.4) is 0 Å². The second-order valence-electron chi connectivity index (χ2n) is 6.09. The highest BCUT2D eigenvalue weighted by Crippen LogP contribution is 2.42. The predicted molar refractivity (Wildman–Crippen MR) is 81.4 cm³/mol. The van der Waals surface area contributed by atoms with Gasteiger partial charge in [0.05, 0.1) is 12.2 Å². The minimum atomic E-state index is 0.208. The monoisotopic (exact) mass is 275 g/mol. The first kappa shape index (κ1) is 13.7. The van der Waals surface area contributed by atoms with E-state index in [1.54, 1.807) is 0 Å². The Hall–Kier alpha value is -1.22. The van der Waals surface area contributed by atoms with Crippen LogP contribution in [0.5, 0.6) is 5.75 Å². The van der Waals surface area contributed by atoms with Gasteiger partial charge in [0.15, 0.2) is 0 Å². The topological polar surface area (TPSA) is 30.5 Å². The average molecular weight is 275 g/mol. The summed E-state index contributed by atoms with van der Waals surface area (Å²) in [4.78, 5) is 0. The van der Waals surface area contributed by atoms with Crippen molar-refractivity contribution in [2.75, 3.05) is 18.5 Å². The molecular formula is C17H25NO2. The maximum Gasteiger partial charge on any atom is 0.119 e. The van der Waals surface area contributed by atoms with E-state index in [-0.39, 0.29) is 5.60 Å². The van der Waals surface area contributed by atoms with Gasteiger partial charge < -0.3 is 14.8 Å². The summed E-state index contributed by atoms with van der Waals surface area (Å²) in [6.45, 7) is 3.81. The Balaban J connectivity index is 1.54. The second kappa shape index (κ2) is 6.04. The zero-order valence-electron chi connectivity index (χ0n) is 12.4. The Morgan fingerprint density at radius 1 is 1.30 bits per heavy atom. The minimum absolute atomic E-state index is 0.208. The first-order chi connectivity index (χ1) is 9.80. The molecule has 3 heteroatoms. The summed E-state index contributed by atoms with van der Waals surface area (Å²) >= 11 is 0. The Morgan fingerprint density at radius 3 is 2.75 bits per heavy atom. The molecule has 1 heterocycles. The number of ether oxygens (including phenoxy) is 2. The van der Waals surface area contributed by atoms with Gasteiger partial charge in [0.1, 0.15) is 5.75 Å². The van der Waals surface area contributed by atoms with E-state index in [0.717, 1.165) is 38.2 Å². The summed E-state index contributed by atoms with van der Waals surface area (Å²) in [7, 11) is 0. The maximum absolute atomic E-state index is 5.97. The molecule has 0 amide bonds. The van der Waals surface area contributed by atoms with Crippen molar-refractivity contribution in [3.63, 3.8) is 0 Å². The molecule has 1 aliphatic heterocycles. The fourth-order valence-corrected chi connectivity index (χ4v) is 3.17. The van der Waals surface area contributed by atoms with E-state index in [1.165, 1.54) is 24.9 Å². The molecule has 2 aliphatic rings. The van der Waals surface area contributed by atoms with Crippen molar-refractivity contribution in [2.45, 2.75) is 57.1 Å². The number of benzene rings is 1. The van der Waals surface area contributed by atoms with Gasteiger partial charge in [-0.3, -0.25) is 0 Å². The Kier molecular flexibility index (Phi) is 4.16. The van der Waals surface area contributed by atoms with Crippen LogP contribution in [0, 0.1) is 0 Å². The van der Waals surface area contributed by atoms with Gasteiger partial charge in [-0.1, -0.05) is 6.92 Å². The molecule has 1 aliphatic carbocycles. The van der Waals surface area contributed by atoms with Crippen LogP contribution in [0.15, 0.2) is 24.3 Å². The second-order valence-corrected chi connectivity index (χ2v) is 6.09. The molecule has 110 valence electrons. The SMILES string of the molecule is CCCOc1ccc(NC2CCOC3(CCC3)C2)cc1. The molecule has 0 radical (unpaired) electrons. The molecule has 1 unspecified atom stereocenters. The van der Waals surface area contributed by atoms with E-state index in [9.17, 15) is 0 Å². The van der Waals surface area contributed by atoms with Crippen molar-refractivity contribution in [3.8, 4) is 5.75 Å². The number of hydrogen-bond donors (Lipinski definition) is 1. The lowest BCUT2D eigenvalue weighted by molar-refractivity contribution is -0.130. The van der Waals surface area contributed by atoms with Gasteiger partial charge in [-0.05, 0) is 62.8 Å². The standard InChI is InChI=1S/C17H25NO2/c1-2-11-19-16-6-4-14(5-7-16)18-15-8-12-20-17(13-15)9-3-10-17/h4-7,15,18H,2-3,8-13H2,1H3. The quantitative estimate of drug-likeness (QED) is 0.881. The molecule has 1 aromatic carbocycles. The Morgan fingerprint density at radius 2 is 2.10 bits per heavy atom. The maximum atomic E-state index is 5.97. The summed E-state index contributed by atoms with van der Waals surface area (Å²) in [5.41, 5.74) is 1.40. The Labute approximate surface area is 121 Å². The number of nitrogens with one attached hydrogen (secondary N) is 1. The molecule has 1 saturated carbocycles. The van der Waals surface area contributed by atoms with E-state index in [1.807, 2.05) is 0 Å². The molecule has 1 N–H and O–H groups in total. The highest BCUT2D eigenvalue weighted by Gasteiger charge is 2.42. The van der Waals surface area contributed by atoms with Crippen LogP contribution in [-0.2, 0) is 4.74 Å². The van der Waals surface area contributed by atoms with Gasteiger partial charge in [-0.2, -0.15) is 0 Å². The fraction of sp³-hybridized carbons (Fsp3) is 0.647. The Bertz CT molecular complexity index is 425. The lowest BCUT2D eigenvalue weighted by Gasteiger charge is -2.47. The van der Waals surface area contributed by atoms with E-state index in [4.69, 9.17) is 9.47 Å². The summed E-state index contributed by atoms with van der Waals surface area (Å²) in [5.74, 6) is 0.958. The van der Waals surface area contributed by atoms with E-state index < -0.39 is 0 Å². The van der Waals surface area contributed by atoms with Gasteiger partial charge >= 0.3 is 0 Å². The molecule has 1 saturated heterocycles.